The molecule has 2 atom stereocenters. The Morgan fingerprint density at radius 1 is 1.24 bits per heavy atom. The van der Waals surface area contributed by atoms with Crippen LogP contribution in [-0.4, -0.2) is 46.2 Å². The van der Waals surface area contributed by atoms with Gasteiger partial charge in [0.1, 0.15) is 23.9 Å². The Hall–Kier alpha value is -2.41. The van der Waals surface area contributed by atoms with Crippen LogP contribution in [0.3, 0.4) is 0 Å². The van der Waals surface area contributed by atoms with Gasteiger partial charge >= 0.3 is 6.09 Å². The van der Waals surface area contributed by atoms with Gasteiger partial charge in [0.15, 0.2) is 0 Å². The predicted octanol–water partition coefficient (Wildman–Crippen LogP) is 6.07. The number of hydrogen-bond acceptors (Lipinski definition) is 5. The molecule has 33 heavy (non-hydrogen) atoms. The number of likely N-dealkylation sites (tertiary alicyclic amines) is 1. The molecule has 0 bridgehead atoms. The maximum absolute atomic E-state index is 14.6. The number of fused-ring (bicyclic) bond motifs is 3. The van der Waals surface area contributed by atoms with Crippen LogP contribution in [0, 0.1) is 0 Å². The zero-order valence-corrected chi connectivity index (χ0v) is 20.3. The fourth-order valence-corrected chi connectivity index (χ4v) is 5.75. The average Bonchev–Trinajstić information content (AvgIpc) is 3.21. The van der Waals surface area contributed by atoms with Gasteiger partial charge in [-0.15, -0.1) is 0 Å². The predicted molar refractivity (Wildman–Crippen MR) is 126 cm³/mol. The lowest BCUT2D eigenvalue weighted by molar-refractivity contribution is 0.0171. The van der Waals surface area contributed by atoms with Crippen molar-refractivity contribution in [2.24, 2.45) is 0 Å². The molecule has 1 saturated heterocycles. The van der Waals surface area contributed by atoms with Gasteiger partial charge in [0, 0.05) is 41.3 Å². The molecule has 5 rings (SSSR count). The first-order valence-electron chi connectivity index (χ1n) is 11.6. The highest BCUT2D eigenvalue weighted by atomic mass is 35.5. The molecule has 6 nitrogen and oxygen atoms in total. The third kappa shape index (κ3) is 3.84. The molecule has 176 valence electrons. The van der Waals surface area contributed by atoms with E-state index in [1.54, 1.807) is 4.90 Å². The molecule has 0 N–H and O–H groups in total. The number of alkyl halides is 1. The van der Waals surface area contributed by atoms with Gasteiger partial charge in [0.25, 0.3) is 0 Å². The highest BCUT2D eigenvalue weighted by Crippen LogP contribution is 2.53. The first-order chi connectivity index (χ1) is 15.6. The Kier molecular flexibility index (Phi) is 5.31. The Morgan fingerprint density at radius 2 is 1.97 bits per heavy atom. The molecule has 3 aliphatic rings. The van der Waals surface area contributed by atoms with Crippen LogP contribution in [0.5, 0.6) is 0 Å². The summed E-state index contributed by atoms with van der Waals surface area (Å²) in [6.45, 7) is 9.63. The molecule has 1 aromatic heterocycles. The molecule has 2 aliphatic heterocycles. The standard InChI is InChI=1S/C25H30ClFN4O2/c1-15-11-18(27)21-20(15)22(29-14-28-21)31-13-25(17-12-16(26)5-6-19(17)31)7-9-30(10-8-25)23(32)33-24(2,3)4/h5-6,12,14-15,18H,7-11,13H2,1-4H3/t15-,18+/m1/s1. The zero-order valence-electron chi connectivity index (χ0n) is 19.6. The lowest BCUT2D eigenvalue weighted by atomic mass is 9.74. The number of piperidine rings is 1. The van der Waals surface area contributed by atoms with Crippen molar-refractivity contribution in [3.63, 3.8) is 0 Å². The van der Waals surface area contributed by atoms with Crippen LogP contribution >= 0.6 is 11.6 Å². The summed E-state index contributed by atoms with van der Waals surface area (Å²) in [5, 5.41) is 0.689. The van der Waals surface area contributed by atoms with Gasteiger partial charge in [0.05, 0.1) is 5.69 Å². The number of ether oxygens (including phenoxy) is 1. The van der Waals surface area contributed by atoms with Crippen molar-refractivity contribution < 1.29 is 13.9 Å². The van der Waals surface area contributed by atoms with Gasteiger partial charge in [-0.1, -0.05) is 18.5 Å². The van der Waals surface area contributed by atoms with Crippen molar-refractivity contribution in [2.75, 3.05) is 24.5 Å². The normalized spacial score (nSPS) is 23.6. The quantitative estimate of drug-likeness (QED) is 0.504. The first kappa shape index (κ1) is 22.4. The fourth-order valence-electron chi connectivity index (χ4n) is 5.58. The maximum atomic E-state index is 14.6. The zero-order chi connectivity index (χ0) is 23.5. The van der Waals surface area contributed by atoms with Crippen molar-refractivity contribution in [3.8, 4) is 0 Å². The van der Waals surface area contributed by atoms with Crippen molar-refractivity contribution in [2.45, 2.75) is 70.1 Å². The van der Waals surface area contributed by atoms with Gasteiger partial charge < -0.3 is 14.5 Å². The second kappa shape index (κ2) is 7.83. The Morgan fingerprint density at radius 3 is 2.67 bits per heavy atom. The van der Waals surface area contributed by atoms with E-state index in [-0.39, 0.29) is 17.4 Å². The van der Waals surface area contributed by atoms with E-state index < -0.39 is 11.8 Å². The third-order valence-electron chi connectivity index (χ3n) is 7.15. The molecule has 0 unspecified atom stereocenters. The number of nitrogens with zero attached hydrogens (tertiary/aromatic N) is 4. The van der Waals surface area contributed by atoms with Crippen LogP contribution in [0.1, 0.15) is 75.9 Å². The number of benzene rings is 1. The molecule has 1 aromatic carbocycles. The van der Waals surface area contributed by atoms with Crippen LogP contribution in [0.2, 0.25) is 5.02 Å². The monoisotopic (exact) mass is 472 g/mol. The molecule has 1 aliphatic carbocycles. The summed E-state index contributed by atoms with van der Waals surface area (Å²) >= 11 is 6.43. The summed E-state index contributed by atoms with van der Waals surface area (Å²) < 4.78 is 20.2. The van der Waals surface area contributed by atoms with E-state index in [1.807, 2.05) is 45.9 Å². The Balaban J connectivity index is 1.48. The summed E-state index contributed by atoms with van der Waals surface area (Å²) in [6, 6.07) is 5.97. The van der Waals surface area contributed by atoms with Crippen LogP contribution in [0.4, 0.5) is 20.7 Å². The number of anilines is 2. The van der Waals surface area contributed by atoms with Gasteiger partial charge in [-0.25, -0.2) is 19.2 Å². The smallest absolute Gasteiger partial charge is 0.410 e. The molecule has 0 radical (unpaired) electrons. The fraction of sp³-hybridized carbons (Fsp3) is 0.560. The van der Waals surface area contributed by atoms with Crippen LogP contribution in [-0.2, 0) is 10.2 Å². The molecule has 8 heteroatoms. The second-order valence-electron chi connectivity index (χ2n) is 10.6. The molecule has 2 aromatic rings. The largest absolute Gasteiger partial charge is 0.444 e. The molecular formula is C25H30ClFN4O2. The topological polar surface area (TPSA) is 58.6 Å². The van der Waals surface area contributed by atoms with E-state index in [4.69, 9.17) is 16.3 Å². The van der Waals surface area contributed by atoms with Crippen molar-refractivity contribution in [1.29, 1.82) is 0 Å². The SMILES string of the molecule is C[C@@H]1C[C@H](F)c2ncnc(N3CC4(CCN(C(=O)OC(C)(C)C)CC4)c4cc(Cl)ccc43)c21. The molecule has 1 amide bonds. The van der Waals surface area contributed by atoms with E-state index in [0.29, 0.717) is 30.2 Å². The number of carbonyl (C=O) groups is 1. The summed E-state index contributed by atoms with van der Waals surface area (Å²) in [6.07, 6.45) is 2.20. The van der Waals surface area contributed by atoms with E-state index in [0.717, 1.165) is 36.5 Å². The maximum Gasteiger partial charge on any atom is 0.410 e. The highest BCUT2D eigenvalue weighted by Gasteiger charge is 2.48. The van der Waals surface area contributed by atoms with E-state index in [1.165, 1.54) is 11.9 Å². The van der Waals surface area contributed by atoms with E-state index in [2.05, 4.69) is 14.9 Å². The minimum atomic E-state index is -1.05. The number of halogens is 2. The summed E-state index contributed by atoms with van der Waals surface area (Å²) in [4.78, 5) is 25.5. The molecular weight excluding hydrogens is 443 g/mol. The number of amides is 1. The van der Waals surface area contributed by atoms with E-state index >= 15 is 0 Å². The number of rotatable bonds is 1. The van der Waals surface area contributed by atoms with Crippen LogP contribution < -0.4 is 4.90 Å². The molecule has 1 fully saturated rings. The van der Waals surface area contributed by atoms with E-state index in [9.17, 15) is 9.18 Å². The lowest BCUT2D eigenvalue weighted by Gasteiger charge is -2.40. The molecule has 3 heterocycles. The van der Waals surface area contributed by atoms with Gasteiger partial charge in [-0.05, 0) is 69.7 Å². The Bertz CT molecular complexity index is 1090. The van der Waals surface area contributed by atoms with Gasteiger partial charge in [0.2, 0.25) is 0 Å². The van der Waals surface area contributed by atoms with Crippen LogP contribution in [0.15, 0.2) is 24.5 Å². The number of hydrogen-bond donors (Lipinski definition) is 0. The number of aromatic nitrogens is 2. The third-order valence-corrected chi connectivity index (χ3v) is 7.39. The minimum absolute atomic E-state index is 0.0625. The van der Waals surface area contributed by atoms with Crippen LogP contribution in [0.25, 0.3) is 0 Å². The van der Waals surface area contributed by atoms with Gasteiger partial charge in [-0.3, -0.25) is 0 Å². The first-order valence-corrected chi connectivity index (χ1v) is 12.0. The Labute approximate surface area is 199 Å². The lowest BCUT2D eigenvalue weighted by Crippen LogP contribution is -2.48. The van der Waals surface area contributed by atoms with Crippen molar-refractivity contribution in [1.82, 2.24) is 14.9 Å². The van der Waals surface area contributed by atoms with Crippen molar-refractivity contribution >= 4 is 29.2 Å². The highest BCUT2D eigenvalue weighted by molar-refractivity contribution is 6.30. The minimum Gasteiger partial charge on any atom is -0.444 e. The number of carbonyl (C=O) groups excluding carboxylic acids is 1. The summed E-state index contributed by atoms with van der Waals surface area (Å²) in [5.74, 6) is 0.857. The van der Waals surface area contributed by atoms with Gasteiger partial charge in [-0.2, -0.15) is 0 Å². The summed E-state index contributed by atoms with van der Waals surface area (Å²) in [5.41, 5.74) is 2.98. The molecule has 1 spiro atoms. The second-order valence-corrected chi connectivity index (χ2v) is 11.0. The van der Waals surface area contributed by atoms with Crippen molar-refractivity contribution in [3.05, 3.63) is 46.4 Å². The summed E-state index contributed by atoms with van der Waals surface area (Å²) in [7, 11) is 0. The molecule has 0 saturated carbocycles. The average molecular weight is 473 g/mol.